The molecule has 1 aromatic carbocycles. The Morgan fingerprint density at radius 3 is 2.25 bits per heavy atom. The Kier molecular flexibility index (Phi) is 8.56. The van der Waals surface area contributed by atoms with Gasteiger partial charge in [-0.2, -0.15) is 0 Å². The Bertz CT molecular complexity index is 333. The zero-order valence-corrected chi connectivity index (χ0v) is 13.7. The van der Waals surface area contributed by atoms with Crippen LogP contribution < -0.4 is 5.32 Å². The number of nitrogens with one attached hydrogen (secondary N) is 1. The van der Waals surface area contributed by atoms with Crippen LogP contribution in [0, 0.1) is 5.92 Å². The molecule has 0 saturated carbocycles. The van der Waals surface area contributed by atoms with Crippen molar-refractivity contribution >= 4 is 0 Å². The molecule has 2 unspecified atom stereocenters. The van der Waals surface area contributed by atoms with Crippen LogP contribution in [0.15, 0.2) is 30.3 Å². The lowest BCUT2D eigenvalue weighted by Gasteiger charge is -2.25. The zero-order chi connectivity index (χ0) is 14.8. The molecule has 0 fully saturated rings. The van der Waals surface area contributed by atoms with Gasteiger partial charge in [-0.3, -0.25) is 0 Å². The minimum Gasteiger partial charge on any atom is -0.315 e. The lowest BCUT2D eigenvalue weighted by molar-refractivity contribution is 0.298. The Labute approximate surface area is 125 Å². The second-order valence-electron chi connectivity index (χ2n) is 5.63. The first-order valence-corrected chi connectivity index (χ1v) is 8.20. The van der Waals surface area contributed by atoms with Gasteiger partial charge in [-0.25, -0.2) is 0 Å². The molecule has 0 bridgehead atoms. The van der Waals surface area contributed by atoms with Crippen molar-refractivity contribution in [2.24, 2.45) is 5.92 Å². The van der Waals surface area contributed by atoms with E-state index in [1.54, 1.807) is 0 Å². The average molecular weight is 276 g/mol. The van der Waals surface area contributed by atoms with Crippen LogP contribution in [0.2, 0.25) is 0 Å². The summed E-state index contributed by atoms with van der Waals surface area (Å²) in [6.45, 7) is 14.7. The van der Waals surface area contributed by atoms with Crippen molar-refractivity contribution < 1.29 is 0 Å². The van der Waals surface area contributed by atoms with E-state index in [1.807, 2.05) is 0 Å². The lowest BCUT2D eigenvalue weighted by atomic mass is 9.85. The smallest absolute Gasteiger partial charge is 0.0107 e. The maximum absolute atomic E-state index is 3.66. The summed E-state index contributed by atoms with van der Waals surface area (Å²) in [6, 6.07) is 10.9. The standard InChI is InChI=1S/C18H32N2/c1-5-16(4)18(17-11-9-8-10-12-17)15-19-13-14-20(6-2)7-3/h8-12,16,18-19H,5-7,13-15H2,1-4H3. The molecule has 0 radical (unpaired) electrons. The second kappa shape index (κ2) is 9.95. The van der Waals surface area contributed by atoms with Gasteiger partial charge < -0.3 is 10.2 Å². The van der Waals surface area contributed by atoms with Crippen molar-refractivity contribution in [2.45, 2.75) is 40.0 Å². The minimum absolute atomic E-state index is 0.623. The Hall–Kier alpha value is -0.860. The van der Waals surface area contributed by atoms with E-state index in [0.29, 0.717) is 5.92 Å². The van der Waals surface area contributed by atoms with E-state index in [0.717, 1.165) is 38.6 Å². The fraction of sp³-hybridized carbons (Fsp3) is 0.667. The maximum atomic E-state index is 3.66. The third kappa shape index (κ3) is 5.64. The second-order valence-corrected chi connectivity index (χ2v) is 5.63. The van der Waals surface area contributed by atoms with Crippen molar-refractivity contribution in [1.82, 2.24) is 10.2 Å². The van der Waals surface area contributed by atoms with Crippen LogP contribution in [-0.2, 0) is 0 Å². The fourth-order valence-corrected chi connectivity index (χ4v) is 2.67. The summed E-state index contributed by atoms with van der Waals surface area (Å²) < 4.78 is 0. The topological polar surface area (TPSA) is 15.3 Å². The summed E-state index contributed by atoms with van der Waals surface area (Å²) in [5, 5.41) is 3.66. The molecule has 114 valence electrons. The predicted molar refractivity (Wildman–Crippen MR) is 89.3 cm³/mol. The molecule has 1 N–H and O–H groups in total. The van der Waals surface area contributed by atoms with Gasteiger partial charge in [0.1, 0.15) is 0 Å². The third-order valence-corrected chi connectivity index (χ3v) is 4.42. The van der Waals surface area contributed by atoms with Crippen molar-refractivity contribution in [3.63, 3.8) is 0 Å². The van der Waals surface area contributed by atoms with Gasteiger partial charge in [0.15, 0.2) is 0 Å². The number of rotatable bonds is 10. The molecular weight excluding hydrogens is 244 g/mol. The first kappa shape index (κ1) is 17.2. The van der Waals surface area contributed by atoms with Crippen LogP contribution in [-0.4, -0.2) is 37.6 Å². The highest BCUT2D eigenvalue weighted by molar-refractivity contribution is 5.20. The van der Waals surface area contributed by atoms with Crippen LogP contribution in [0.3, 0.4) is 0 Å². The highest BCUT2D eigenvalue weighted by atomic mass is 15.1. The van der Waals surface area contributed by atoms with E-state index >= 15 is 0 Å². The van der Waals surface area contributed by atoms with Gasteiger partial charge in [0.2, 0.25) is 0 Å². The summed E-state index contributed by atoms with van der Waals surface area (Å²) in [7, 11) is 0. The maximum Gasteiger partial charge on any atom is 0.0107 e. The molecule has 0 aliphatic heterocycles. The molecule has 0 aromatic heterocycles. The summed E-state index contributed by atoms with van der Waals surface area (Å²) in [4.78, 5) is 2.47. The summed E-state index contributed by atoms with van der Waals surface area (Å²) >= 11 is 0. The third-order valence-electron chi connectivity index (χ3n) is 4.42. The summed E-state index contributed by atoms with van der Waals surface area (Å²) in [6.07, 6.45) is 1.23. The number of benzene rings is 1. The molecule has 0 heterocycles. The normalized spacial score (nSPS) is 14.4. The van der Waals surface area contributed by atoms with Crippen LogP contribution in [0.1, 0.15) is 45.6 Å². The van der Waals surface area contributed by atoms with Crippen molar-refractivity contribution in [1.29, 1.82) is 0 Å². The summed E-state index contributed by atoms with van der Waals surface area (Å²) in [5.74, 6) is 1.34. The van der Waals surface area contributed by atoms with E-state index in [9.17, 15) is 0 Å². The highest BCUT2D eigenvalue weighted by Gasteiger charge is 2.17. The van der Waals surface area contributed by atoms with Crippen molar-refractivity contribution in [3.8, 4) is 0 Å². The lowest BCUT2D eigenvalue weighted by Crippen LogP contribution is -2.34. The molecule has 0 saturated heterocycles. The quantitative estimate of drug-likeness (QED) is 0.655. The minimum atomic E-state index is 0.623. The van der Waals surface area contributed by atoms with Gasteiger partial charge >= 0.3 is 0 Å². The van der Waals surface area contributed by atoms with E-state index in [-0.39, 0.29) is 0 Å². The van der Waals surface area contributed by atoms with Gasteiger partial charge in [-0.1, -0.05) is 64.4 Å². The number of likely N-dealkylation sites (N-methyl/N-ethyl adjacent to an activating group) is 1. The molecule has 1 rings (SSSR count). The molecular formula is C18H32N2. The van der Waals surface area contributed by atoms with E-state index in [4.69, 9.17) is 0 Å². The molecule has 0 aliphatic carbocycles. The molecule has 2 nitrogen and oxygen atoms in total. The molecule has 1 aromatic rings. The first-order valence-electron chi connectivity index (χ1n) is 8.20. The van der Waals surface area contributed by atoms with Gasteiger partial charge in [-0.15, -0.1) is 0 Å². The van der Waals surface area contributed by atoms with E-state index in [1.165, 1.54) is 12.0 Å². The van der Waals surface area contributed by atoms with Crippen molar-refractivity contribution in [3.05, 3.63) is 35.9 Å². The number of hydrogen-bond donors (Lipinski definition) is 1. The molecule has 0 aliphatic rings. The van der Waals surface area contributed by atoms with Gasteiger partial charge in [0.05, 0.1) is 0 Å². The van der Waals surface area contributed by atoms with E-state index in [2.05, 4.69) is 68.2 Å². The fourth-order valence-electron chi connectivity index (χ4n) is 2.67. The first-order chi connectivity index (χ1) is 9.72. The van der Waals surface area contributed by atoms with Gasteiger partial charge in [0, 0.05) is 19.6 Å². The van der Waals surface area contributed by atoms with Crippen LogP contribution >= 0.6 is 0 Å². The largest absolute Gasteiger partial charge is 0.315 e. The highest BCUT2D eigenvalue weighted by Crippen LogP contribution is 2.25. The van der Waals surface area contributed by atoms with Crippen LogP contribution in [0.4, 0.5) is 0 Å². The molecule has 2 heteroatoms. The Morgan fingerprint density at radius 1 is 1.05 bits per heavy atom. The van der Waals surface area contributed by atoms with Crippen LogP contribution in [0.5, 0.6) is 0 Å². The van der Waals surface area contributed by atoms with Gasteiger partial charge in [-0.05, 0) is 30.5 Å². The zero-order valence-electron chi connectivity index (χ0n) is 13.7. The Morgan fingerprint density at radius 2 is 1.70 bits per heavy atom. The average Bonchev–Trinajstić information content (AvgIpc) is 2.51. The molecule has 20 heavy (non-hydrogen) atoms. The Balaban J connectivity index is 2.46. The molecule has 0 spiro atoms. The molecule has 2 atom stereocenters. The monoisotopic (exact) mass is 276 g/mol. The number of nitrogens with zero attached hydrogens (tertiary/aromatic N) is 1. The van der Waals surface area contributed by atoms with Crippen LogP contribution in [0.25, 0.3) is 0 Å². The molecule has 0 amide bonds. The van der Waals surface area contributed by atoms with Gasteiger partial charge in [0.25, 0.3) is 0 Å². The summed E-state index contributed by atoms with van der Waals surface area (Å²) in [5.41, 5.74) is 1.47. The van der Waals surface area contributed by atoms with Crippen molar-refractivity contribution in [2.75, 3.05) is 32.7 Å². The predicted octanol–water partition coefficient (Wildman–Crippen LogP) is 3.75. The SMILES string of the molecule is CCC(C)C(CNCCN(CC)CC)c1ccccc1. The van der Waals surface area contributed by atoms with E-state index < -0.39 is 0 Å². The number of hydrogen-bond acceptors (Lipinski definition) is 2.